The van der Waals surface area contributed by atoms with Gasteiger partial charge in [-0.3, -0.25) is 0 Å². The minimum absolute atomic E-state index is 1.34. The van der Waals surface area contributed by atoms with Crippen molar-refractivity contribution in [1.82, 2.24) is 4.57 Å². The molecule has 0 aliphatic heterocycles. The van der Waals surface area contributed by atoms with E-state index < -0.39 is 18.4 Å². The molecule has 0 bridgehead atoms. The van der Waals surface area contributed by atoms with Crippen LogP contribution in [0.1, 0.15) is 64.9 Å². The van der Waals surface area contributed by atoms with Crippen LogP contribution in [0, 0.1) is 6.92 Å². The maximum atomic E-state index is 2.65. The zero-order chi connectivity index (χ0) is 20.1. The van der Waals surface area contributed by atoms with Gasteiger partial charge in [0.25, 0.3) is 0 Å². The van der Waals surface area contributed by atoms with Crippen molar-refractivity contribution in [2.75, 3.05) is 0 Å². The Morgan fingerprint density at radius 1 is 0.714 bits per heavy atom. The topological polar surface area (TPSA) is 4.93 Å². The van der Waals surface area contributed by atoms with Crippen molar-refractivity contribution in [1.29, 1.82) is 0 Å². The maximum absolute atomic E-state index is 2.65. The predicted octanol–water partition coefficient (Wildman–Crippen LogP) is 7.70. The molecular formula is C26H39NSn. The Labute approximate surface area is 176 Å². The van der Waals surface area contributed by atoms with Gasteiger partial charge in [0.05, 0.1) is 0 Å². The van der Waals surface area contributed by atoms with Crippen LogP contribution in [0.5, 0.6) is 0 Å². The van der Waals surface area contributed by atoms with E-state index in [0.717, 1.165) is 0 Å². The third kappa shape index (κ3) is 4.30. The Bertz CT molecular complexity index is 899. The molecule has 0 unspecified atom stereocenters. The standard InChI is InChI=1S/C14H12N.3C4H9.Sn/c1-10-7-8-14-12(9-10)11-5-3-4-6-13(11)15(14)2;3*1-3-4-2;/h4-9H,1-2H3;3*1,3-4H2,2H3;. The molecule has 0 aliphatic rings. The second-order valence-corrected chi connectivity index (χ2v) is 22.1. The third-order valence-corrected chi connectivity index (χ3v) is 22.4. The molecule has 1 aromatic heterocycles. The number of benzene rings is 2. The molecule has 0 aliphatic carbocycles. The molecule has 1 heterocycles. The molecule has 152 valence electrons. The van der Waals surface area contributed by atoms with E-state index in [1.54, 1.807) is 16.9 Å². The molecule has 28 heavy (non-hydrogen) atoms. The molecule has 0 saturated carbocycles. The van der Waals surface area contributed by atoms with Gasteiger partial charge in [0.15, 0.2) is 0 Å². The van der Waals surface area contributed by atoms with E-state index in [4.69, 9.17) is 0 Å². The van der Waals surface area contributed by atoms with Gasteiger partial charge in [0.2, 0.25) is 0 Å². The summed E-state index contributed by atoms with van der Waals surface area (Å²) in [5, 5.41) is 2.94. The molecule has 0 saturated heterocycles. The monoisotopic (exact) mass is 485 g/mol. The summed E-state index contributed by atoms with van der Waals surface area (Å²) < 4.78 is 8.81. The molecule has 0 amide bonds. The van der Waals surface area contributed by atoms with Crippen LogP contribution >= 0.6 is 0 Å². The van der Waals surface area contributed by atoms with Crippen LogP contribution in [0.4, 0.5) is 0 Å². The summed E-state index contributed by atoms with van der Waals surface area (Å²) in [5.41, 5.74) is 4.13. The van der Waals surface area contributed by atoms with Gasteiger partial charge in [-0.05, 0) is 0 Å². The Hall–Kier alpha value is -0.961. The summed E-state index contributed by atoms with van der Waals surface area (Å²) in [5.74, 6) is 0. The average Bonchev–Trinajstić information content (AvgIpc) is 2.99. The number of aromatic nitrogens is 1. The Balaban J connectivity index is 2.17. The Kier molecular flexibility index (Phi) is 7.53. The van der Waals surface area contributed by atoms with Crippen LogP contribution in [-0.2, 0) is 7.05 Å². The molecule has 3 aromatic rings. The van der Waals surface area contributed by atoms with Crippen molar-refractivity contribution < 1.29 is 0 Å². The van der Waals surface area contributed by atoms with Crippen LogP contribution in [-0.4, -0.2) is 22.9 Å². The number of aryl methyl sites for hydroxylation is 2. The van der Waals surface area contributed by atoms with Crippen LogP contribution in [0.2, 0.25) is 13.3 Å². The van der Waals surface area contributed by atoms with Gasteiger partial charge >= 0.3 is 177 Å². The number of rotatable bonds is 10. The third-order valence-electron chi connectivity index (χ3n) is 6.80. The van der Waals surface area contributed by atoms with Crippen LogP contribution < -0.4 is 3.58 Å². The van der Waals surface area contributed by atoms with Gasteiger partial charge in [0.1, 0.15) is 0 Å². The van der Waals surface area contributed by atoms with Gasteiger partial charge < -0.3 is 0 Å². The van der Waals surface area contributed by atoms with E-state index in [2.05, 4.69) is 75.7 Å². The molecule has 0 fully saturated rings. The summed E-state index contributed by atoms with van der Waals surface area (Å²) in [7, 11) is 2.22. The molecule has 2 heteroatoms. The summed E-state index contributed by atoms with van der Waals surface area (Å²) in [6.45, 7) is 9.32. The molecule has 0 N–H and O–H groups in total. The SMILES string of the molecule is CCC[CH2][Sn]([CH2]CCC)([CH2]CCC)[c]1ccc2c(c1)c1cc(C)ccc1n2C. The Morgan fingerprint density at radius 2 is 1.21 bits per heavy atom. The number of hydrogen-bond acceptors (Lipinski definition) is 0. The first-order valence-corrected chi connectivity index (χ1v) is 19.0. The number of nitrogens with zero attached hydrogens (tertiary/aromatic N) is 1. The van der Waals surface area contributed by atoms with Crippen molar-refractivity contribution >= 4 is 43.8 Å². The first-order valence-electron chi connectivity index (χ1n) is 11.6. The van der Waals surface area contributed by atoms with Gasteiger partial charge in [-0.15, -0.1) is 0 Å². The second kappa shape index (κ2) is 9.69. The quantitative estimate of drug-likeness (QED) is 0.260. The van der Waals surface area contributed by atoms with Crippen molar-refractivity contribution in [2.24, 2.45) is 7.05 Å². The van der Waals surface area contributed by atoms with Gasteiger partial charge in [0, 0.05) is 0 Å². The van der Waals surface area contributed by atoms with E-state index >= 15 is 0 Å². The fourth-order valence-corrected chi connectivity index (χ4v) is 21.0. The zero-order valence-corrected chi connectivity index (χ0v) is 21.6. The summed E-state index contributed by atoms with van der Waals surface area (Å²) in [6.07, 6.45) is 8.30. The van der Waals surface area contributed by atoms with E-state index in [0.29, 0.717) is 0 Å². The Morgan fingerprint density at radius 3 is 1.75 bits per heavy atom. The minimum atomic E-state index is -2.38. The number of unbranched alkanes of at least 4 members (excludes halogenated alkanes) is 3. The van der Waals surface area contributed by atoms with Crippen molar-refractivity contribution in [3.8, 4) is 0 Å². The summed E-state index contributed by atoms with van der Waals surface area (Å²) in [6, 6.07) is 14.6. The van der Waals surface area contributed by atoms with E-state index in [9.17, 15) is 0 Å². The zero-order valence-electron chi connectivity index (χ0n) is 18.8. The normalized spacial score (nSPS) is 12.3. The van der Waals surface area contributed by atoms with Crippen LogP contribution in [0.15, 0.2) is 36.4 Å². The number of hydrogen-bond donors (Lipinski definition) is 0. The fraction of sp³-hybridized carbons (Fsp3) is 0.538. The number of fused-ring (bicyclic) bond motifs is 3. The van der Waals surface area contributed by atoms with Gasteiger partial charge in [-0.25, -0.2) is 0 Å². The van der Waals surface area contributed by atoms with Crippen LogP contribution in [0.3, 0.4) is 0 Å². The summed E-state index contributed by atoms with van der Waals surface area (Å²) in [4.78, 5) is 0. The van der Waals surface area contributed by atoms with Crippen LogP contribution in [0.25, 0.3) is 21.8 Å². The van der Waals surface area contributed by atoms with E-state index in [-0.39, 0.29) is 0 Å². The summed E-state index contributed by atoms with van der Waals surface area (Å²) >= 11 is -2.38. The van der Waals surface area contributed by atoms with Crippen molar-refractivity contribution in [3.63, 3.8) is 0 Å². The molecule has 0 spiro atoms. The van der Waals surface area contributed by atoms with E-state index in [1.807, 2.05) is 0 Å². The van der Waals surface area contributed by atoms with Gasteiger partial charge in [-0.1, -0.05) is 0 Å². The molecule has 1 nitrogen and oxygen atoms in total. The fourth-order valence-electron chi connectivity index (χ4n) is 5.02. The average molecular weight is 484 g/mol. The second-order valence-electron chi connectivity index (χ2n) is 8.90. The van der Waals surface area contributed by atoms with Crippen molar-refractivity contribution in [2.45, 2.75) is 79.5 Å². The molecular weight excluding hydrogens is 445 g/mol. The molecule has 3 rings (SSSR count). The molecule has 2 aromatic carbocycles. The predicted molar refractivity (Wildman–Crippen MR) is 130 cm³/mol. The van der Waals surface area contributed by atoms with Gasteiger partial charge in [-0.2, -0.15) is 0 Å². The van der Waals surface area contributed by atoms with E-state index in [1.165, 1.54) is 65.9 Å². The molecule has 0 radical (unpaired) electrons. The molecule has 0 atom stereocenters. The van der Waals surface area contributed by atoms with Crippen molar-refractivity contribution in [3.05, 3.63) is 42.0 Å². The first kappa shape index (κ1) is 21.7. The first-order chi connectivity index (χ1) is 13.6.